The standard InChI is InChI=1S/C29H27NO5/c1-3-18-35-24-11-7-10-22(19-24)26-25(27(31)21-12-14-23(34-2)15-13-21)28(32)29(33)30(26)17-16-20-8-5-4-6-9-20/h3-15,19,26,31H,1,16-18H2,2H3. The van der Waals surface area contributed by atoms with Crippen LogP contribution < -0.4 is 9.47 Å². The molecule has 1 N–H and O–H groups in total. The molecule has 0 bridgehead atoms. The number of ether oxygens (including phenoxy) is 2. The molecule has 1 saturated heterocycles. The summed E-state index contributed by atoms with van der Waals surface area (Å²) in [5.41, 5.74) is 2.20. The number of amides is 1. The summed E-state index contributed by atoms with van der Waals surface area (Å²) in [6.07, 6.45) is 2.21. The van der Waals surface area contributed by atoms with Crippen molar-refractivity contribution in [3.05, 3.63) is 114 Å². The summed E-state index contributed by atoms with van der Waals surface area (Å²) in [6, 6.07) is 22.9. The van der Waals surface area contributed by atoms with Gasteiger partial charge in [0.1, 0.15) is 23.9 Å². The predicted molar refractivity (Wildman–Crippen MR) is 134 cm³/mol. The average molecular weight is 470 g/mol. The molecule has 3 aromatic carbocycles. The number of ketones is 1. The van der Waals surface area contributed by atoms with Crippen molar-refractivity contribution >= 4 is 17.4 Å². The summed E-state index contributed by atoms with van der Waals surface area (Å²) < 4.78 is 10.9. The molecule has 0 radical (unpaired) electrons. The van der Waals surface area contributed by atoms with Gasteiger partial charge in [0.25, 0.3) is 11.7 Å². The first-order valence-electron chi connectivity index (χ1n) is 11.3. The number of carbonyl (C=O) groups is 2. The number of benzene rings is 3. The third-order valence-corrected chi connectivity index (χ3v) is 5.93. The van der Waals surface area contributed by atoms with E-state index in [4.69, 9.17) is 9.47 Å². The number of aliphatic hydroxyl groups excluding tert-OH is 1. The Kier molecular flexibility index (Phi) is 7.31. The molecule has 35 heavy (non-hydrogen) atoms. The van der Waals surface area contributed by atoms with Gasteiger partial charge in [0.05, 0.1) is 18.7 Å². The first kappa shape index (κ1) is 23.8. The number of nitrogens with zero attached hydrogens (tertiary/aromatic N) is 1. The van der Waals surface area contributed by atoms with Crippen LogP contribution in [0.5, 0.6) is 11.5 Å². The maximum atomic E-state index is 13.2. The smallest absolute Gasteiger partial charge is 0.295 e. The lowest BCUT2D eigenvalue weighted by atomic mass is 9.95. The third-order valence-electron chi connectivity index (χ3n) is 5.93. The second-order valence-corrected chi connectivity index (χ2v) is 8.13. The van der Waals surface area contributed by atoms with E-state index in [2.05, 4.69) is 6.58 Å². The highest BCUT2D eigenvalue weighted by Gasteiger charge is 2.45. The van der Waals surface area contributed by atoms with E-state index in [1.807, 2.05) is 36.4 Å². The molecule has 4 rings (SSSR count). The minimum absolute atomic E-state index is 0.0501. The van der Waals surface area contributed by atoms with Crippen molar-refractivity contribution in [1.82, 2.24) is 4.90 Å². The second-order valence-electron chi connectivity index (χ2n) is 8.13. The molecular weight excluding hydrogens is 442 g/mol. The fourth-order valence-electron chi connectivity index (χ4n) is 4.19. The minimum atomic E-state index is -0.756. The number of aliphatic hydroxyl groups is 1. The molecule has 0 aromatic heterocycles. The number of hydrogen-bond donors (Lipinski definition) is 1. The molecule has 1 fully saturated rings. The number of Topliss-reactive ketones (excluding diaryl/α,β-unsaturated/α-hetero) is 1. The van der Waals surface area contributed by atoms with Crippen molar-refractivity contribution in [2.24, 2.45) is 0 Å². The molecular formula is C29H27NO5. The zero-order valence-corrected chi connectivity index (χ0v) is 19.5. The minimum Gasteiger partial charge on any atom is -0.507 e. The zero-order valence-electron chi connectivity index (χ0n) is 19.5. The van der Waals surface area contributed by atoms with Crippen molar-refractivity contribution < 1.29 is 24.2 Å². The highest BCUT2D eigenvalue weighted by molar-refractivity contribution is 6.46. The number of methoxy groups -OCH3 is 1. The highest BCUT2D eigenvalue weighted by Crippen LogP contribution is 2.40. The molecule has 0 saturated carbocycles. The lowest BCUT2D eigenvalue weighted by molar-refractivity contribution is -0.139. The number of likely N-dealkylation sites (tertiary alicyclic amines) is 1. The highest BCUT2D eigenvalue weighted by atomic mass is 16.5. The van der Waals surface area contributed by atoms with Gasteiger partial charge in [-0.15, -0.1) is 0 Å². The molecule has 1 unspecified atom stereocenters. The predicted octanol–water partition coefficient (Wildman–Crippen LogP) is 4.92. The summed E-state index contributed by atoms with van der Waals surface area (Å²) in [4.78, 5) is 27.9. The van der Waals surface area contributed by atoms with Gasteiger partial charge in [-0.3, -0.25) is 9.59 Å². The van der Waals surface area contributed by atoms with E-state index in [1.165, 1.54) is 4.90 Å². The van der Waals surface area contributed by atoms with E-state index in [0.717, 1.165) is 5.56 Å². The Morgan fingerprint density at radius 3 is 2.43 bits per heavy atom. The SMILES string of the molecule is C=CCOc1cccc(C2C(=C(O)c3ccc(OC)cc3)C(=O)C(=O)N2CCc2ccccc2)c1. The molecule has 1 aliphatic heterocycles. The van der Waals surface area contributed by atoms with Gasteiger partial charge in [0, 0.05) is 12.1 Å². The molecule has 0 spiro atoms. The van der Waals surface area contributed by atoms with Crippen molar-refractivity contribution in [2.75, 3.05) is 20.3 Å². The molecule has 6 heteroatoms. The Labute approximate surface area is 204 Å². The zero-order chi connectivity index (χ0) is 24.8. The number of rotatable bonds is 9. The first-order chi connectivity index (χ1) is 17.0. The van der Waals surface area contributed by atoms with Crippen LogP contribution in [0.3, 0.4) is 0 Å². The van der Waals surface area contributed by atoms with E-state index in [0.29, 0.717) is 42.2 Å². The van der Waals surface area contributed by atoms with Crippen LogP contribution in [0.15, 0.2) is 97.1 Å². The lowest BCUT2D eigenvalue weighted by Crippen LogP contribution is -2.31. The van der Waals surface area contributed by atoms with E-state index in [-0.39, 0.29) is 11.3 Å². The van der Waals surface area contributed by atoms with E-state index in [1.54, 1.807) is 55.7 Å². The monoisotopic (exact) mass is 469 g/mol. The molecule has 1 aliphatic rings. The normalized spacial score (nSPS) is 16.8. The molecule has 178 valence electrons. The molecule has 6 nitrogen and oxygen atoms in total. The van der Waals surface area contributed by atoms with Gasteiger partial charge < -0.3 is 19.5 Å². The van der Waals surface area contributed by atoms with Gasteiger partial charge in [-0.05, 0) is 53.9 Å². The summed E-state index contributed by atoms with van der Waals surface area (Å²) in [7, 11) is 1.55. The average Bonchev–Trinajstić information content (AvgIpc) is 3.16. The van der Waals surface area contributed by atoms with Crippen LogP contribution in [-0.2, 0) is 16.0 Å². The van der Waals surface area contributed by atoms with Crippen LogP contribution in [0.25, 0.3) is 5.76 Å². The number of hydrogen-bond acceptors (Lipinski definition) is 5. The van der Waals surface area contributed by atoms with Gasteiger partial charge >= 0.3 is 0 Å². The second kappa shape index (κ2) is 10.7. The van der Waals surface area contributed by atoms with Crippen molar-refractivity contribution in [3.8, 4) is 11.5 Å². The van der Waals surface area contributed by atoms with Crippen LogP contribution in [-0.4, -0.2) is 42.0 Å². The summed E-state index contributed by atoms with van der Waals surface area (Å²) in [5, 5.41) is 11.2. The maximum absolute atomic E-state index is 13.2. The van der Waals surface area contributed by atoms with Crippen molar-refractivity contribution in [2.45, 2.75) is 12.5 Å². The van der Waals surface area contributed by atoms with Gasteiger partial charge in [0.2, 0.25) is 0 Å². The number of carbonyl (C=O) groups excluding carboxylic acids is 2. The van der Waals surface area contributed by atoms with Crippen LogP contribution in [0.1, 0.15) is 22.7 Å². The largest absolute Gasteiger partial charge is 0.507 e. The van der Waals surface area contributed by atoms with E-state index < -0.39 is 17.7 Å². The van der Waals surface area contributed by atoms with Gasteiger partial charge in [0.15, 0.2) is 0 Å². The Hall–Kier alpha value is -4.32. The van der Waals surface area contributed by atoms with E-state index >= 15 is 0 Å². The molecule has 3 aromatic rings. The molecule has 0 aliphatic carbocycles. The Morgan fingerprint density at radius 2 is 1.74 bits per heavy atom. The topological polar surface area (TPSA) is 76.1 Å². The summed E-state index contributed by atoms with van der Waals surface area (Å²) in [6.45, 7) is 4.31. The Bertz CT molecular complexity index is 1250. The Balaban J connectivity index is 1.78. The van der Waals surface area contributed by atoms with Crippen LogP contribution in [0.4, 0.5) is 0 Å². The third kappa shape index (κ3) is 5.11. The molecule has 1 amide bonds. The summed E-state index contributed by atoms with van der Waals surface area (Å²) >= 11 is 0. The van der Waals surface area contributed by atoms with Gasteiger partial charge in [-0.2, -0.15) is 0 Å². The fraction of sp³-hybridized carbons (Fsp3) is 0.172. The maximum Gasteiger partial charge on any atom is 0.295 e. The Morgan fingerprint density at radius 1 is 1.00 bits per heavy atom. The van der Waals surface area contributed by atoms with Crippen LogP contribution in [0.2, 0.25) is 0 Å². The summed E-state index contributed by atoms with van der Waals surface area (Å²) in [5.74, 6) is -0.378. The molecule has 1 heterocycles. The van der Waals surface area contributed by atoms with Crippen LogP contribution >= 0.6 is 0 Å². The fourth-order valence-corrected chi connectivity index (χ4v) is 4.19. The quantitative estimate of drug-likeness (QED) is 0.208. The lowest BCUT2D eigenvalue weighted by Gasteiger charge is -2.25. The molecule has 1 atom stereocenters. The van der Waals surface area contributed by atoms with Crippen LogP contribution in [0, 0.1) is 0 Å². The van der Waals surface area contributed by atoms with Crippen molar-refractivity contribution in [3.63, 3.8) is 0 Å². The van der Waals surface area contributed by atoms with Gasteiger partial charge in [-0.25, -0.2) is 0 Å². The first-order valence-corrected chi connectivity index (χ1v) is 11.3. The van der Waals surface area contributed by atoms with Gasteiger partial charge in [-0.1, -0.05) is 55.1 Å². The van der Waals surface area contributed by atoms with Crippen molar-refractivity contribution in [1.29, 1.82) is 0 Å². The van der Waals surface area contributed by atoms with E-state index in [9.17, 15) is 14.7 Å².